The summed E-state index contributed by atoms with van der Waals surface area (Å²) in [6, 6.07) is 5.13. The quantitative estimate of drug-likeness (QED) is 0.810. The van der Waals surface area contributed by atoms with Crippen LogP contribution >= 0.6 is 11.6 Å². The summed E-state index contributed by atoms with van der Waals surface area (Å²) in [5.41, 5.74) is 0.705. The Morgan fingerprint density at radius 1 is 1.32 bits per heavy atom. The molecule has 1 aromatic rings. The maximum absolute atomic E-state index is 12.4. The number of ether oxygens (including phenoxy) is 2. The molecule has 138 valence electrons. The van der Waals surface area contributed by atoms with Crippen molar-refractivity contribution in [1.29, 1.82) is 0 Å². The van der Waals surface area contributed by atoms with Crippen LogP contribution in [-0.2, 0) is 9.47 Å². The first-order valence-electron chi connectivity index (χ1n) is 8.30. The van der Waals surface area contributed by atoms with E-state index in [0.29, 0.717) is 23.7 Å². The minimum absolute atomic E-state index is 0.0841. The van der Waals surface area contributed by atoms with Crippen LogP contribution in [0.15, 0.2) is 18.2 Å². The summed E-state index contributed by atoms with van der Waals surface area (Å²) >= 11 is 6.22. The Morgan fingerprint density at radius 3 is 2.64 bits per heavy atom. The van der Waals surface area contributed by atoms with Gasteiger partial charge < -0.3 is 19.7 Å². The van der Waals surface area contributed by atoms with Crippen LogP contribution in [0.25, 0.3) is 0 Å². The first-order chi connectivity index (χ1) is 11.7. The minimum Gasteiger partial charge on any atom is -0.465 e. The molecular weight excluding hydrogens is 344 g/mol. The Kier molecular flexibility index (Phi) is 6.30. The van der Waals surface area contributed by atoms with Crippen LogP contribution in [0, 0.1) is 0 Å². The molecule has 2 rings (SSSR count). The van der Waals surface area contributed by atoms with Crippen molar-refractivity contribution >= 4 is 23.7 Å². The smallest absolute Gasteiger partial charge is 0.410 e. The van der Waals surface area contributed by atoms with E-state index in [1.54, 1.807) is 17.0 Å². The number of halogens is 1. The highest BCUT2D eigenvalue weighted by molar-refractivity contribution is 6.33. The summed E-state index contributed by atoms with van der Waals surface area (Å²) in [5.74, 6) is -0.472. The van der Waals surface area contributed by atoms with Crippen LogP contribution in [0.2, 0.25) is 5.02 Å². The minimum atomic E-state index is -0.530. The molecule has 0 saturated carbocycles. The van der Waals surface area contributed by atoms with E-state index in [9.17, 15) is 9.59 Å². The fourth-order valence-electron chi connectivity index (χ4n) is 2.66. The third-order valence-electron chi connectivity index (χ3n) is 3.85. The summed E-state index contributed by atoms with van der Waals surface area (Å²) in [4.78, 5) is 25.7. The first kappa shape index (κ1) is 19.5. The topological polar surface area (TPSA) is 67.9 Å². The summed E-state index contributed by atoms with van der Waals surface area (Å²) in [7, 11) is 1.32. The molecule has 7 heteroatoms. The van der Waals surface area contributed by atoms with Gasteiger partial charge in [-0.15, -0.1) is 0 Å². The van der Waals surface area contributed by atoms with E-state index in [0.717, 1.165) is 18.5 Å². The van der Waals surface area contributed by atoms with Crippen molar-refractivity contribution < 1.29 is 19.1 Å². The molecule has 1 amide bonds. The molecular formula is C18H25ClN2O4. The number of nitrogens with one attached hydrogen (secondary N) is 1. The van der Waals surface area contributed by atoms with Gasteiger partial charge in [-0.2, -0.15) is 0 Å². The molecule has 1 unspecified atom stereocenters. The average molecular weight is 369 g/mol. The lowest BCUT2D eigenvalue weighted by molar-refractivity contribution is 0.0247. The summed E-state index contributed by atoms with van der Waals surface area (Å²) in [5, 5.41) is 3.74. The maximum atomic E-state index is 12.4. The Morgan fingerprint density at radius 2 is 2.04 bits per heavy atom. The summed E-state index contributed by atoms with van der Waals surface area (Å²) < 4.78 is 10.2. The molecule has 0 aromatic heterocycles. The van der Waals surface area contributed by atoms with E-state index < -0.39 is 11.6 Å². The molecule has 1 aliphatic rings. The zero-order valence-corrected chi connectivity index (χ0v) is 15.9. The van der Waals surface area contributed by atoms with Crippen molar-refractivity contribution in [3.63, 3.8) is 0 Å². The van der Waals surface area contributed by atoms with E-state index in [4.69, 9.17) is 21.1 Å². The van der Waals surface area contributed by atoms with E-state index in [-0.39, 0.29) is 12.1 Å². The summed E-state index contributed by atoms with van der Waals surface area (Å²) in [6.45, 7) is 7.44. The second-order valence-corrected chi connectivity index (χ2v) is 7.42. The Bertz CT molecular complexity index is 642. The normalized spacial score (nSPS) is 18.4. The zero-order valence-electron chi connectivity index (χ0n) is 15.1. The second-order valence-electron chi connectivity index (χ2n) is 7.02. The number of benzene rings is 1. The van der Waals surface area contributed by atoms with Gasteiger partial charge in [-0.3, -0.25) is 0 Å². The lowest BCUT2D eigenvalue weighted by Gasteiger charge is -2.28. The SMILES string of the molecule is COC(=O)c1ccc(C2CN(C(=O)OC(C)(C)C)CCCN2)cc1Cl. The number of esters is 1. The fraction of sp³-hybridized carbons (Fsp3) is 0.556. The third kappa shape index (κ3) is 5.34. The molecule has 1 aromatic carbocycles. The number of amides is 1. The lowest BCUT2D eigenvalue weighted by Crippen LogP contribution is -2.39. The van der Waals surface area contributed by atoms with Gasteiger partial charge in [0.2, 0.25) is 0 Å². The number of nitrogens with zero attached hydrogens (tertiary/aromatic N) is 1. The van der Waals surface area contributed by atoms with Gasteiger partial charge in [0.05, 0.1) is 23.7 Å². The Balaban J connectivity index is 2.16. The van der Waals surface area contributed by atoms with Gasteiger partial charge in [0.1, 0.15) is 5.60 Å². The van der Waals surface area contributed by atoms with E-state index in [2.05, 4.69) is 5.32 Å². The number of hydrogen-bond acceptors (Lipinski definition) is 5. The molecule has 1 N–H and O–H groups in total. The van der Waals surface area contributed by atoms with Crippen LogP contribution in [0.5, 0.6) is 0 Å². The van der Waals surface area contributed by atoms with Crippen molar-refractivity contribution in [2.24, 2.45) is 0 Å². The molecule has 1 saturated heterocycles. The van der Waals surface area contributed by atoms with Crippen LogP contribution in [0.3, 0.4) is 0 Å². The van der Waals surface area contributed by atoms with Crippen LogP contribution < -0.4 is 5.32 Å². The van der Waals surface area contributed by atoms with Gasteiger partial charge in [0.15, 0.2) is 0 Å². The monoisotopic (exact) mass is 368 g/mol. The molecule has 0 radical (unpaired) electrons. The number of rotatable bonds is 2. The van der Waals surface area contributed by atoms with Gasteiger partial charge >= 0.3 is 12.1 Å². The third-order valence-corrected chi connectivity index (χ3v) is 4.16. The predicted molar refractivity (Wildman–Crippen MR) is 96.0 cm³/mol. The molecule has 1 aliphatic heterocycles. The fourth-order valence-corrected chi connectivity index (χ4v) is 2.93. The highest BCUT2D eigenvalue weighted by Gasteiger charge is 2.27. The molecule has 0 bridgehead atoms. The van der Waals surface area contributed by atoms with Crippen molar-refractivity contribution in [2.45, 2.75) is 38.8 Å². The van der Waals surface area contributed by atoms with E-state index in [1.807, 2.05) is 26.8 Å². The van der Waals surface area contributed by atoms with Gasteiger partial charge in [0, 0.05) is 13.1 Å². The molecule has 1 fully saturated rings. The Labute approximate surface area is 153 Å². The number of carbonyl (C=O) groups excluding carboxylic acids is 2. The van der Waals surface area contributed by atoms with Gasteiger partial charge in [0.25, 0.3) is 0 Å². The van der Waals surface area contributed by atoms with E-state index >= 15 is 0 Å². The highest BCUT2D eigenvalue weighted by atomic mass is 35.5. The molecule has 25 heavy (non-hydrogen) atoms. The molecule has 6 nitrogen and oxygen atoms in total. The number of hydrogen-bond donors (Lipinski definition) is 1. The van der Waals surface area contributed by atoms with Crippen LogP contribution in [-0.4, -0.2) is 49.3 Å². The average Bonchev–Trinajstić information content (AvgIpc) is 2.78. The van der Waals surface area contributed by atoms with Crippen molar-refractivity contribution in [2.75, 3.05) is 26.7 Å². The second kappa shape index (κ2) is 8.06. The summed E-state index contributed by atoms with van der Waals surface area (Å²) in [6.07, 6.45) is 0.516. The highest BCUT2D eigenvalue weighted by Crippen LogP contribution is 2.25. The van der Waals surface area contributed by atoms with Crippen LogP contribution in [0.4, 0.5) is 4.79 Å². The van der Waals surface area contributed by atoms with Crippen molar-refractivity contribution in [3.8, 4) is 0 Å². The zero-order chi connectivity index (χ0) is 18.6. The molecule has 1 heterocycles. The van der Waals surface area contributed by atoms with Gasteiger partial charge in [-0.1, -0.05) is 17.7 Å². The Hall–Kier alpha value is -1.79. The predicted octanol–water partition coefficient (Wildman–Crippen LogP) is 3.40. The standard InChI is InChI=1S/C18H25ClN2O4/c1-18(2,3)25-17(23)21-9-5-8-20-15(11-21)12-6-7-13(14(19)10-12)16(22)24-4/h6-7,10,15,20H,5,8-9,11H2,1-4H3. The van der Waals surface area contributed by atoms with Crippen molar-refractivity contribution in [3.05, 3.63) is 34.3 Å². The van der Waals surface area contributed by atoms with Gasteiger partial charge in [-0.05, 0) is 51.4 Å². The largest absolute Gasteiger partial charge is 0.465 e. The van der Waals surface area contributed by atoms with Crippen molar-refractivity contribution in [1.82, 2.24) is 10.2 Å². The molecule has 0 spiro atoms. The first-order valence-corrected chi connectivity index (χ1v) is 8.68. The number of methoxy groups -OCH3 is 1. The lowest BCUT2D eigenvalue weighted by atomic mass is 10.0. The van der Waals surface area contributed by atoms with Gasteiger partial charge in [-0.25, -0.2) is 9.59 Å². The maximum Gasteiger partial charge on any atom is 0.410 e. The molecule has 1 atom stereocenters. The van der Waals surface area contributed by atoms with E-state index in [1.165, 1.54) is 7.11 Å². The number of carbonyl (C=O) groups is 2. The van der Waals surface area contributed by atoms with Crippen LogP contribution in [0.1, 0.15) is 49.2 Å². The molecule has 0 aliphatic carbocycles.